The molecule has 0 bridgehead atoms. The number of benzene rings is 1. The van der Waals surface area contributed by atoms with Crippen LogP contribution in [0.25, 0.3) is 0 Å². The minimum atomic E-state index is -1.64. The Morgan fingerprint density at radius 2 is 2.07 bits per heavy atom. The van der Waals surface area contributed by atoms with Crippen LogP contribution in [0.3, 0.4) is 0 Å². The van der Waals surface area contributed by atoms with E-state index in [0.717, 1.165) is 0 Å². The van der Waals surface area contributed by atoms with Gasteiger partial charge in [0.05, 0.1) is 11.3 Å². The summed E-state index contributed by atoms with van der Waals surface area (Å²) < 4.78 is 0. The van der Waals surface area contributed by atoms with Crippen molar-refractivity contribution in [3.05, 3.63) is 39.9 Å². The van der Waals surface area contributed by atoms with Crippen LogP contribution in [0.1, 0.15) is 12.5 Å². The lowest BCUT2D eigenvalue weighted by Crippen LogP contribution is -2.38. The van der Waals surface area contributed by atoms with Crippen molar-refractivity contribution in [2.75, 3.05) is 5.32 Å². The Bertz CT molecular complexity index is 430. The molecule has 1 aliphatic rings. The number of nitrogens with zero attached hydrogens (tertiary/aromatic N) is 1. The second-order valence-electron chi connectivity index (χ2n) is 3.33. The second kappa shape index (κ2) is 2.54. The maximum Gasteiger partial charge on any atom is 0.323 e. The maximum atomic E-state index is 11.4. The van der Waals surface area contributed by atoms with E-state index in [-0.39, 0.29) is 0 Å². The first-order chi connectivity index (χ1) is 6.56. The van der Waals surface area contributed by atoms with Crippen LogP contribution in [0.2, 0.25) is 0 Å². The monoisotopic (exact) mass is 192 g/mol. The third kappa shape index (κ3) is 0.863. The van der Waals surface area contributed by atoms with Crippen molar-refractivity contribution in [1.82, 2.24) is 0 Å². The van der Waals surface area contributed by atoms with Gasteiger partial charge in [0, 0.05) is 11.8 Å². The van der Waals surface area contributed by atoms with Gasteiger partial charge >= 0.3 is 11.4 Å². The Labute approximate surface area is 79.9 Å². The van der Waals surface area contributed by atoms with Gasteiger partial charge in [0.25, 0.3) is 0 Å². The van der Waals surface area contributed by atoms with Crippen molar-refractivity contribution >= 4 is 11.6 Å². The minimum Gasteiger partial charge on any atom is -0.319 e. The zero-order valence-electron chi connectivity index (χ0n) is 7.48. The van der Waals surface area contributed by atoms with Crippen LogP contribution >= 0.6 is 0 Å². The van der Waals surface area contributed by atoms with E-state index < -0.39 is 16.4 Å². The minimum absolute atomic E-state index is 0.426. The fourth-order valence-electron chi connectivity index (χ4n) is 1.56. The number of para-hydroxylation sites is 1. The number of hydrogen-bond donors (Lipinski definition) is 1. The van der Waals surface area contributed by atoms with Crippen LogP contribution in [-0.4, -0.2) is 10.8 Å². The molecule has 0 spiro atoms. The van der Waals surface area contributed by atoms with Crippen LogP contribution in [-0.2, 0) is 10.3 Å². The topological polar surface area (TPSA) is 72.2 Å². The van der Waals surface area contributed by atoms with Crippen molar-refractivity contribution < 1.29 is 9.72 Å². The summed E-state index contributed by atoms with van der Waals surface area (Å²) >= 11 is 0. The van der Waals surface area contributed by atoms with E-state index in [1.165, 1.54) is 6.92 Å². The van der Waals surface area contributed by atoms with Gasteiger partial charge in [-0.15, -0.1) is 0 Å². The van der Waals surface area contributed by atoms with E-state index in [1.54, 1.807) is 24.3 Å². The summed E-state index contributed by atoms with van der Waals surface area (Å²) in [5.74, 6) is -0.580. The quantitative estimate of drug-likeness (QED) is 0.535. The van der Waals surface area contributed by atoms with E-state index in [9.17, 15) is 14.9 Å². The molecule has 14 heavy (non-hydrogen) atoms. The van der Waals surface area contributed by atoms with Crippen LogP contribution in [0.5, 0.6) is 0 Å². The molecule has 2 rings (SSSR count). The van der Waals surface area contributed by atoms with Crippen LogP contribution in [0, 0.1) is 10.1 Å². The largest absolute Gasteiger partial charge is 0.323 e. The van der Waals surface area contributed by atoms with Crippen molar-refractivity contribution in [2.45, 2.75) is 12.5 Å². The summed E-state index contributed by atoms with van der Waals surface area (Å²) in [6, 6.07) is 6.66. The molecule has 0 radical (unpaired) electrons. The van der Waals surface area contributed by atoms with Gasteiger partial charge in [-0.05, 0) is 12.1 Å². The molecule has 1 N–H and O–H groups in total. The Balaban J connectivity index is 2.66. The lowest BCUT2D eigenvalue weighted by Gasteiger charge is -2.11. The molecule has 1 heterocycles. The van der Waals surface area contributed by atoms with Crippen molar-refractivity contribution in [2.24, 2.45) is 0 Å². The number of nitro groups is 1. The van der Waals surface area contributed by atoms with Crippen molar-refractivity contribution in [1.29, 1.82) is 0 Å². The molecule has 1 unspecified atom stereocenters. The average molecular weight is 192 g/mol. The van der Waals surface area contributed by atoms with Gasteiger partial charge in [-0.1, -0.05) is 12.1 Å². The first kappa shape index (κ1) is 8.68. The number of carbonyl (C=O) groups is 1. The van der Waals surface area contributed by atoms with Crippen molar-refractivity contribution in [3.63, 3.8) is 0 Å². The van der Waals surface area contributed by atoms with Gasteiger partial charge in [0.1, 0.15) is 0 Å². The highest BCUT2D eigenvalue weighted by molar-refractivity contribution is 6.04. The molecule has 1 aromatic carbocycles. The second-order valence-corrected chi connectivity index (χ2v) is 3.33. The van der Waals surface area contributed by atoms with Gasteiger partial charge in [-0.3, -0.25) is 14.9 Å². The molecule has 1 aromatic rings. The van der Waals surface area contributed by atoms with E-state index in [4.69, 9.17) is 0 Å². The smallest absolute Gasteiger partial charge is 0.319 e. The molecule has 1 atom stereocenters. The number of rotatable bonds is 1. The predicted molar refractivity (Wildman–Crippen MR) is 49.4 cm³/mol. The van der Waals surface area contributed by atoms with Gasteiger partial charge in [0.2, 0.25) is 0 Å². The number of nitrogens with one attached hydrogen (secondary N) is 1. The maximum absolute atomic E-state index is 11.4. The Morgan fingerprint density at radius 3 is 2.71 bits per heavy atom. The fourth-order valence-corrected chi connectivity index (χ4v) is 1.56. The average Bonchev–Trinajstić information content (AvgIpc) is 2.41. The molecule has 0 saturated heterocycles. The number of fused-ring (bicyclic) bond motifs is 1. The van der Waals surface area contributed by atoms with Crippen LogP contribution < -0.4 is 5.32 Å². The summed E-state index contributed by atoms with van der Waals surface area (Å²) in [6.07, 6.45) is 0. The van der Waals surface area contributed by atoms with E-state index >= 15 is 0 Å². The number of carbonyl (C=O) groups excluding carboxylic acids is 1. The van der Waals surface area contributed by atoms with Gasteiger partial charge in [0.15, 0.2) is 0 Å². The number of hydrogen-bond acceptors (Lipinski definition) is 3. The van der Waals surface area contributed by atoms with E-state index in [1.807, 2.05) is 0 Å². The molecule has 5 heteroatoms. The number of amides is 1. The zero-order chi connectivity index (χ0) is 10.3. The molecule has 0 aliphatic carbocycles. The van der Waals surface area contributed by atoms with E-state index in [2.05, 4.69) is 5.32 Å². The predicted octanol–water partition coefficient (Wildman–Crippen LogP) is 1.13. The standard InChI is InChI=1S/C9H8N2O3/c1-9(11(13)14)6-4-2-3-5-7(6)10-8(9)12/h2-5H,1H3,(H,10,12). The summed E-state index contributed by atoms with van der Waals surface area (Å²) in [5, 5.41) is 13.3. The Morgan fingerprint density at radius 1 is 1.43 bits per heavy atom. The molecule has 0 fully saturated rings. The summed E-state index contributed by atoms with van der Waals surface area (Å²) in [5.41, 5.74) is -0.692. The fraction of sp³-hybridized carbons (Fsp3) is 0.222. The van der Waals surface area contributed by atoms with Crippen LogP contribution in [0.4, 0.5) is 5.69 Å². The zero-order valence-corrected chi connectivity index (χ0v) is 7.48. The van der Waals surface area contributed by atoms with Crippen LogP contribution in [0.15, 0.2) is 24.3 Å². The molecule has 1 amide bonds. The first-order valence-electron chi connectivity index (χ1n) is 4.12. The molecule has 0 saturated carbocycles. The van der Waals surface area contributed by atoms with E-state index in [0.29, 0.717) is 11.3 Å². The third-order valence-electron chi connectivity index (χ3n) is 2.51. The molecule has 1 aliphatic heterocycles. The number of anilines is 1. The molecular weight excluding hydrogens is 184 g/mol. The molecule has 0 aromatic heterocycles. The Hall–Kier alpha value is -1.91. The lowest BCUT2D eigenvalue weighted by molar-refractivity contribution is -0.554. The van der Waals surface area contributed by atoms with Gasteiger partial charge in [-0.25, -0.2) is 0 Å². The normalized spacial score (nSPS) is 24.2. The lowest BCUT2D eigenvalue weighted by atomic mass is 9.95. The molecular formula is C9H8N2O3. The SMILES string of the molecule is CC1([N+](=O)[O-])C(=O)Nc2ccccc21. The van der Waals surface area contributed by atoms with Crippen molar-refractivity contribution in [3.8, 4) is 0 Å². The Kier molecular flexibility index (Phi) is 1.57. The van der Waals surface area contributed by atoms with Gasteiger partial charge < -0.3 is 5.32 Å². The highest BCUT2D eigenvalue weighted by Gasteiger charge is 2.53. The molecule has 5 nitrogen and oxygen atoms in total. The first-order valence-corrected chi connectivity index (χ1v) is 4.12. The summed E-state index contributed by atoms with van der Waals surface area (Å²) in [6.45, 7) is 1.31. The molecule has 72 valence electrons. The third-order valence-corrected chi connectivity index (χ3v) is 2.51. The summed E-state index contributed by atoms with van der Waals surface area (Å²) in [7, 11) is 0. The highest BCUT2D eigenvalue weighted by Crippen LogP contribution is 2.37. The summed E-state index contributed by atoms with van der Waals surface area (Å²) in [4.78, 5) is 21.7. The van der Waals surface area contributed by atoms with Gasteiger partial charge in [-0.2, -0.15) is 0 Å². The highest BCUT2D eigenvalue weighted by atomic mass is 16.6.